The molecule has 3 atom stereocenters. The van der Waals surface area contributed by atoms with Crippen LogP contribution >= 0.6 is 0 Å². The Morgan fingerprint density at radius 3 is 2.40 bits per heavy atom. The van der Waals surface area contributed by atoms with Crippen molar-refractivity contribution in [1.29, 1.82) is 0 Å². The number of nitrogens with two attached hydrogens (primary N) is 2. The van der Waals surface area contributed by atoms with Crippen molar-refractivity contribution < 1.29 is 34.2 Å². The molecule has 13 nitrogen and oxygen atoms in total. The molecule has 0 fully saturated rings. The van der Waals surface area contributed by atoms with Gasteiger partial charge in [-0.05, 0) is 6.42 Å². The highest BCUT2D eigenvalue weighted by atomic mass is 16.5. The number of carboxylic acids is 1. The first-order valence-corrected chi connectivity index (χ1v) is 7.17. The first-order chi connectivity index (χ1) is 11.8. The second kappa shape index (κ2) is 9.51. The number of carbonyl (C=O) groups is 3. The van der Waals surface area contributed by atoms with E-state index < -0.39 is 49.2 Å². The molecule has 0 aliphatic rings. The van der Waals surface area contributed by atoms with Gasteiger partial charge in [0.1, 0.15) is 6.04 Å². The molecule has 0 spiro atoms. The van der Waals surface area contributed by atoms with Crippen molar-refractivity contribution in [3.05, 3.63) is 11.7 Å². The lowest BCUT2D eigenvalue weighted by molar-refractivity contribution is -0.140. The van der Waals surface area contributed by atoms with Crippen molar-refractivity contribution in [2.45, 2.75) is 31.0 Å². The summed E-state index contributed by atoms with van der Waals surface area (Å²) < 4.78 is 4.95. The molecule has 1 heterocycles. The minimum absolute atomic E-state index is 0.00435. The van der Waals surface area contributed by atoms with Crippen molar-refractivity contribution in [1.82, 2.24) is 20.8 Å². The number of carbonyl (C=O) groups excluding carboxylic acids is 2. The largest absolute Gasteiger partial charge is 0.480 e. The van der Waals surface area contributed by atoms with Crippen LogP contribution in [-0.2, 0) is 9.59 Å². The molecule has 3 unspecified atom stereocenters. The van der Waals surface area contributed by atoms with Gasteiger partial charge in [-0.1, -0.05) is 5.16 Å². The fourth-order valence-electron chi connectivity index (χ4n) is 1.71. The molecule has 9 N–H and O–H groups in total. The zero-order valence-corrected chi connectivity index (χ0v) is 13.1. The van der Waals surface area contributed by atoms with E-state index in [2.05, 4.69) is 15.5 Å². The number of hydrogen-bond donors (Lipinski definition) is 7. The number of aliphatic hydroxyl groups is 2. The highest BCUT2D eigenvalue weighted by molar-refractivity contribution is 5.82. The fourth-order valence-corrected chi connectivity index (χ4v) is 1.71. The van der Waals surface area contributed by atoms with Gasteiger partial charge in [0.2, 0.25) is 11.8 Å². The monoisotopic (exact) mass is 360 g/mol. The maximum absolute atomic E-state index is 11.9. The van der Waals surface area contributed by atoms with E-state index in [0.717, 1.165) is 0 Å². The number of hydrogen-bond acceptors (Lipinski definition) is 9. The predicted molar refractivity (Wildman–Crippen MR) is 79.7 cm³/mol. The van der Waals surface area contributed by atoms with Gasteiger partial charge in [0.25, 0.3) is 0 Å². The van der Waals surface area contributed by atoms with E-state index >= 15 is 0 Å². The van der Waals surface area contributed by atoms with Crippen molar-refractivity contribution >= 4 is 17.9 Å². The SMILES string of the molecule is NC(=O)CCC(NC(=O)NC(CO)C(=O)O)c1nc(C(N)CO)no1. The molecule has 0 bridgehead atoms. The topological polar surface area (TPSA) is 227 Å². The maximum Gasteiger partial charge on any atom is 0.328 e. The van der Waals surface area contributed by atoms with E-state index in [4.69, 9.17) is 31.3 Å². The van der Waals surface area contributed by atoms with Crippen molar-refractivity contribution in [3.63, 3.8) is 0 Å². The summed E-state index contributed by atoms with van der Waals surface area (Å²) in [6, 6.07) is -4.32. The van der Waals surface area contributed by atoms with Crippen LogP contribution in [0.15, 0.2) is 4.52 Å². The van der Waals surface area contributed by atoms with Gasteiger partial charge >= 0.3 is 12.0 Å². The summed E-state index contributed by atoms with van der Waals surface area (Å²) in [5.74, 6) is -2.19. The van der Waals surface area contributed by atoms with Gasteiger partial charge in [0.15, 0.2) is 11.9 Å². The molecule has 1 rings (SSSR count). The second-order valence-electron chi connectivity index (χ2n) is 5.03. The summed E-state index contributed by atoms with van der Waals surface area (Å²) >= 11 is 0. The number of carboxylic acid groups (broad SMARTS) is 1. The van der Waals surface area contributed by atoms with Gasteiger partial charge < -0.3 is 41.9 Å². The molecule has 1 aromatic heterocycles. The number of primary amides is 1. The third-order valence-electron chi connectivity index (χ3n) is 3.05. The Hall–Kier alpha value is -2.77. The predicted octanol–water partition coefficient (Wildman–Crippen LogP) is -2.89. The standard InChI is InChI=1S/C12H20N6O7/c13-5(3-19)9-17-10(25-18-9)6(1-2-8(14)21)15-12(24)16-7(4-20)11(22)23/h5-7,19-20H,1-4,13H2,(H2,14,21)(H,22,23)(H2,15,16,24). The van der Waals surface area contributed by atoms with Crippen molar-refractivity contribution in [2.24, 2.45) is 11.5 Å². The Morgan fingerprint density at radius 1 is 1.20 bits per heavy atom. The van der Waals surface area contributed by atoms with E-state index in [1.54, 1.807) is 0 Å². The molecule has 25 heavy (non-hydrogen) atoms. The Bertz CT molecular complexity index is 607. The summed E-state index contributed by atoms with van der Waals surface area (Å²) in [7, 11) is 0. The Morgan fingerprint density at radius 2 is 1.88 bits per heavy atom. The van der Waals surface area contributed by atoms with Gasteiger partial charge in [0.05, 0.1) is 19.3 Å². The zero-order chi connectivity index (χ0) is 19.0. The van der Waals surface area contributed by atoms with E-state index in [1.165, 1.54) is 0 Å². The molecule has 0 aliphatic heterocycles. The third kappa shape index (κ3) is 6.33. The second-order valence-corrected chi connectivity index (χ2v) is 5.03. The van der Waals surface area contributed by atoms with Crippen molar-refractivity contribution in [3.8, 4) is 0 Å². The number of amides is 3. The normalized spacial score (nSPS) is 14.4. The van der Waals surface area contributed by atoms with Crippen LogP contribution in [0.2, 0.25) is 0 Å². The average Bonchev–Trinajstić information content (AvgIpc) is 3.05. The maximum atomic E-state index is 11.9. The Labute approximate surface area is 141 Å². The van der Waals surface area contributed by atoms with Crippen LogP contribution in [0.25, 0.3) is 0 Å². The highest BCUT2D eigenvalue weighted by Gasteiger charge is 2.25. The fraction of sp³-hybridized carbons (Fsp3) is 0.583. The van der Waals surface area contributed by atoms with E-state index in [1.807, 2.05) is 5.32 Å². The molecule has 13 heteroatoms. The van der Waals surface area contributed by atoms with Crippen molar-refractivity contribution in [2.75, 3.05) is 13.2 Å². The number of aromatic nitrogens is 2. The molecule has 0 saturated heterocycles. The van der Waals surface area contributed by atoms with Crippen LogP contribution in [0.5, 0.6) is 0 Å². The number of urea groups is 1. The Balaban J connectivity index is 2.85. The lowest BCUT2D eigenvalue weighted by atomic mass is 10.1. The summed E-state index contributed by atoms with van der Waals surface area (Å²) in [5, 5.41) is 34.6. The molecule has 1 aromatic rings. The lowest BCUT2D eigenvalue weighted by Gasteiger charge is -2.17. The summed E-state index contributed by atoms with van der Waals surface area (Å²) in [4.78, 5) is 37.6. The summed E-state index contributed by atoms with van der Waals surface area (Å²) in [5.41, 5.74) is 10.6. The summed E-state index contributed by atoms with van der Waals surface area (Å²) in [6.07, 6.45) is -0.132. The molecule has 0 aromatic carbocycles. The number of nitrogens with zero attached hydrogens (tertiary/aromatic N) is 2. The molecule has 0 radical (unpaired) electrons. The zero-order valence-electron chi connectivity index (χ0n) is 13.1. The van der Waals surface area contributed by atoms with Crippen LogP contribution < -0.4 is 22.1 Å². The number of rotatable bonds is 10. The molecule has 3 amide bonds. The minimum Gasteiger partial charge on any atom is -0.480 e. The van der Waals surface area contributed by atoms with Gasteiger partial charge in [-0.2, -0.15) is 4.98 Å². The van der Waals surface area contributed by atoms with Crippen LogP contribution in [0, 0.1) is 0 Å². The number of aliphatic hydroxyl groups excluding tert-OH is 2. The van der Waals surface area contributed by atoms with Crippen LogP contribution in [-0.4, -0.2) is 62.6 Å². The first-order valence-electron chi connectivity index (χ1n) is 7.17. The molecule has 140 valence electrons. The summed E-state index contributed by atoms with van der Waals surface area (Å²) in [6.45, 7) is -1.25. The molecular weight excluding hydrogens is 340 g/mol. The highest BCUT2D eigenvalue weighted by Crippen LogP contribution is 2.18. The van der Waals surface area contributed by atoms with E-state index in [-0.39, 0.29) is 24.6 Å². The third-order valence-corrected chi connectivity index (χ3v) is 3.05. The first kappa shape index (κ1) is 20.3. The van der Waals surface area contributed by atoms with Gasteiger partial charge in [-0.15, -0.1) is 0 Å². The van der Waals surface area contributed by atoms with Gasteiger partial charge in [-0.3, -0.25) is 4.79 Å². The molecule has 0 saturated carbocycles. The molecule has 0 aliphatic carbocycles. The minimum atomic E-state index is -1.52. The van der Waals surface area contributed by atoms with Crippen LogP contribution in [0.1, 0.15) is 36.6 Å². The Kier molecular flexibility index (Phi) is 7.71. The van der Waals surface area contributed by atoms with Crippen LogP contribution in [0.3, 0.4) is 0 Å². The van der Waals surface area contributed by atoms with Crippen LogP contribution in [0.4, 0.5) is 4.79 Å². The lowest BCUT2D eigenvalue weighted by Crippen LogP contribution is -2.48. The average molecular weight is 360 g/mol. The smallest absolute Gasteiger partial charge is 0.328 e. The van der Waals surface area contributed by atoms with E-state index in [0.29, 0.717) is 0 Å². The number of nitrogens with one attached hydrogen (secondary N) is 2. The number of aliphatic carboxylic acids is 1. The molecular formula is C12H20N6O7. The van der Waals surface area contributed by atoms with Gasteiger partial charge in [-0.25, -0.2) is 9.59 Å². The quantitative estimate of drug-likeness (QED) is 0.225. The van der Waals surface area contributed by atoms with Gasteiger partial charge in [0, 0.05) is 6.42 Å². The van der Waals surface area contributed by atoms with E-state index in [9.17, 15) is 14.4 Å².